The van der Waals surface area contributed by atoms with E-state index in [1.807, 2.05) is 30.0 Å². The van der Waals surface area contributed by atoms with Gasteiger partial charge in [-0.2, -0.15) is 11.8 Å². The molecule has 0 radical (unpaired) electrons. The van der Waals surface area contributed by atoms with E-state index < -0.39 is 0 Å². The van der Waals surface area contributed by atoms with Gasteiger partial charge >= 0.3 is 6.03 Å². The molecule has 0 bridgehead atoms. The van der Waals surface area contributed by atoms with Gasteiger partial charge in [0.1, 0.15) is 5.75 Å². The number of urea groups is 1. The summed E-state index contributed by atoms with van der Waals surface area (Å²) in [6.45, 7) is 1.34. The summed E-state index contributed by atoms with van der Waals surface area (Å²) in [6.07, 6.45) is 6.51. The zero-order chi connectivity index (χ0) is 15.4. The van der Waals surface area contributed by atoms with E-state index >= 15 is 0 Å². The third kappa shape index (κ3) is 3.88. The van der Waals surface area contributed by atoms with Gasteiger partial charge in [-0.25, -0.2) is 4.79 Å². The molecule has 5 heteroatoms. The fraction of sp³-hybridized carbons (Fsp3) is 0.588. The van der Waals surface area contributed by atoms with Gasteiger partial charge in [-0.3, -0.25) is 0 Å². The van der Waals surface area contributed by atoms with Crippen LogP contribution in [0.5, 0.6) is 5.75 Å². The number of hydrogen-bond acceptors (Lipinski definition) is 3. The summed E-state index contributed by atoms with van der Waals surface area (Å²) in [4.78, 5) is 12.0. The molecule has 2 N–H and O–H groups in total. The van der Waals surface area contributed by atoms with Crippen LogP contribution < -0.4 is 15.4 Å². The Morgan fingerprint density at radius 2 is 2.23 bits per heavy atom. The Morgan fingerprint density at radius 1 is 1.36 bits per heavy atom. The molecule has 1 heterocycles. The molecule has 0 unspecified atom stereocenters. The molecule has 3 atom stereocenters. The van der Waals surface area contributed by atoms with Gasteiger partial charge < -0.3 is 15.4 Å². The molecule has 0 saturated heterocycles. The number of carbonyl (C=O) groups excluding carboxylic acids is 1. The monoisotopic (exact) mass is 320 g/mol. The number of benzene rings is 1. The van der Waals surface area contributed by atoms with E-state index in [-0.39, 0.29) is 6.03 Å². The Bertz CT molecular complexity index is 523. The predicted octanol–water partition coefficient (Wildman–Crippen LogP) is 2.82. The molecule has 4 nitrogen and oxygen atoms in total. The first kappa shape index (κ1) is 15.5. The fourth-order valence-electron chi connectivity index (χ4n) is 3.28. The minimum atomic E-state index is -0.0365. The van der Waals surface area contributed by atoms with Crippen molar-refractivity contribution < 1.29 is 9.53 Å². The number of carbonyl (C=O) groups is 1. The predicted molar refractivity (Wildman–Crippen MR) is 90.6 cm³/mol. The van der Waals surface area contributed by atoms with Crippen molar-refractivity contribution in [3.8, 4) is 5.75 Å². The van der Waals surface area contributed by atoms with Gasteiger partial charge in [-0.05, 0) is 43.6 Å². The van der Waals surface area contributed by atoms with E-state index in [1.54, 1.807) is 0 Å². The van der Waals surface area contributed by atoms with E-state index in [0.717, 1.165) is 25.0 Å². The molecule has 1 aromatic carbocycles. The second kappa shape index (κ2) is 7.27. The van der Waals surface area contributed by atoms with Crippen LogP contribution in [0.25, 0.3) is 0 Å². The number of nitrogens with one attached hydrogen (secondary N) is 2. The summed E-state index contributed by atoms with van der Waals surface area (Å²) in [5.74, 6) is 1.33. The zero-order valence-electron chi connectivity index (χ0n) is 13.0. The lowest BCUT2D eigenvalue weighted by Gasteiger charge is -2.25. The van der Waals surface area contributed by atoms with Crippen LogP contribution in [0.1, 0.15) is 24.8 Å². The van der Waals surface area contributed by atoms with Gasteiger partial charge in [-0.15, -0.1) is 0 Å². The fourth-order valence-corrected chi connectivity index (χ4v) is 4.08. The largest absolute Gasteiger partial charge is 0.493 e. The molecule has 1 fully saturated rings. The quantitative estimate of drug-likeness (QED) is 0.897. The summed E-state index contributed by atoms with van der Waals surface area (Å²) < 4.78 is 5.76. The normalized spacial score (nSPS) is 26.9. The first-order valence-corrected chi connectivity index (χ1v) is 9.31. The Balaban J connectivity index is 1.41. The zero-order valence-corrected chi connectivity index (χ0v) is 13.8. The van der Waals surface area contributed by atoms with Crippen molar-refractivity contribution >= 4 is 17.8 Å². The van der Waals surface area contributed by atoms with Crippen molar-refractivity contribution in [3.05, 3.63) is 29.8 Å². The van der Waals surface area contributed by atoms with Gasteiger partial charge in [-0.1, -0.05) is 18.2 Å². The smallest absolute Gasteiger partial charge is 0.315 e. The molecule has 0 aromatic heterocycles. The van der Waals surface area contributed by atoms with Crippen LogP contribution in [0.3, 0.4) is 0 Å². The molecule has 2 aliphatic rings. The van der Waals surface area contributed by atoms with Crippen molar-refractivity contribution in [2.45, 2.75) is 37.0 Å². The Labute approximate surface area is 136 Å². The second-order valence-electron chi connectivity index (χ2n) is 6.21. The number of fused-ring (bicyclic) bond motifs is 1. The highest BCUT2D eigenvalue weighted by atomic mass is 32.2. The molecule has 2 amide bonds. The molecular formula is C17H24N2O2S. The number of ether oxygens (including phenoxy) is 1. The number of amides is 2. The summed E-state index contributed by atoms with van der Waals surface area (Å²) in [6, 6.07) is 8.43. The van der Waals surface area contributed by atoms with E-state index in [2.05, 4.69) is 23.0 Å². The first-order chi connectivity index (χ1) is 10.7. The van der Waals surface area contributed by atoms with Crippen LogP contribution in [-0.4, -0.2) is 36.7 Å². The molecule has 1 aromatic rings. The Hall–Kier alpha value is -1.36. The minimum Gasteiger partial charge on any atom is -0.493 e. The van der Waals surface area contributed by atoms with E-state index in [4.69, 9.17) is 4.74 Å². The highest BCUT2D eigenvalue weighted by molar-refractivity contribution is 7.99. The molecule has 1 aliphatic carbocycles. The summed E-state index contributed by atoms with van der Waals surface area (Å²) in [7, 11) is 0. The van der Waals surface area contributed by atoms with E-state index in [9.17, 15) is 4.79 Å². The topological polar surface area (TPSA) is 50.4 Å². The number of rotatable bonds is 4. The second-order valence-corrected chi connectivity index (χ2v) is 7.35. The molecular weight excluding hydrogens is 296 g/mol. The van der Waals surface area contributed by atoms with Crippen LogP contribution in [0.4, 0.5) is 4.79 Å². The van der Waals surface area contributed by atoms with Gasteiger partial charge in [0, 0.05) is 23.8 Å². The molecule has 1 aliphatic heterocycles. The first-order valence-electron chi connectivity index (χ1n) is 8.02. The van der Waals surface area contributed by atoms with Crippen molar-refractivity contribution in [2.75, 3.05) is 19.4 Å². The number of thioether (sulfide) groups is 1. The van der Waals surface area contributed by atoms with Gasteiger partial charge in [0.05, 0.1) is 6.61 Å². The molecule has 1 saturated carbocycles. The molecule has 22 heavy (non-hydrogen) atoms. The maximum atomic E-state index is 12.0. The van der Waals surface area contributed by atoms with Gasteiger partial charge in [0.2, 0.25) is 0 Å². The third-order valence-corrected chi connectivity index (χ3v) is 5.65. The average Bonchev–Trinajstić information content (AvgIpc) is 3.00. The van der Waals surface area contributed by atoms with Gasteiger partial charge in [0.15, 0.2) is 0 Å². The SMILES string of the molecule is CS[C@@H]1CC[C@H](NC(=O)NC[C@@H]2COc3ccccc3C2)C1. The summed E-state index contributed by atoms with van der Waals surface area (Å²) in [5.41, 5.74) is 1.24. The van der Waals surface area contributed by atoms with Crippen molar-refractivity contribution in [2.24, 2.45) is 5.92 Å². The lowest BCUT2D eigenvalue weighted by molar-refractivity contribution is 0.210. The number of para-hydroxylation sites is 1. The highest BCUT2D eigenvalue weighted by Crippen LogP contribution is 2.28. The lowest BCUT2D eigenvalue weighted by atomic mass is 9.97. The van der Waals surface area contributed by atoms with E-state index in [0.29, 0.717) is 30.4 Å². The Kier molecular flexibility index (Phi) is 5.13. The lowest BCUT2D eigenvalue weighted by Crippen LogP contribution is -2.44. The van der Waals surface area contributed by atoms with Crippen LogP contribution in [0.2, 0.25) is 0 Å². The van der Waals surface area contributed by atoms with Gasteiger partial charge in [0.25, 0.3) is 0 Å². The summed E-state index contributed by atoms with van der Waals surface area (Å²) in [5, 5.41) is 6.81. The third-order valence-electron chi connectivity index (χ3n) is 4.56. The standard InChI is InChI=1S/C17H24N2O2S/c1-22-15-7-6-14(9-15)19-17(20)18-10-12-8-13-4-2-3-5-16(13)21-11-12/h2-5,12,14-15H,6-11H2,1H3,(H2,18,19,20)/t12-,14+,15-/m1/s1. The van der Waals surface area contributed by atoms with E-state index in [1.165, 1.54) is 12.0 Å². The average molecular weight is 320 g/mol. The van der Waals surface area contributed by atoms with Crippen molar-refractivity contribution in [1.29, 1.82) is 0 Å². The highest BCUT2D eigenvalue weighted by Gasteiger charge is 2.25. The maximum absolute atomic E-state index is 12.0. The molecule has 3 rings (SSSR count). The van der Waals surface area contributed by atoms with Crippen LogP contribution in [0.15, 0.2) is 24.3 Å². The molecule has 0 spiro atoms. The molecule has 120 valence electrons. The minimum absolute atomic E-state index is 0.0365. The van der Waals surface area contributed by atoms with Crippen LogP contribution >= 0.6 is 11.8 Å². The number of hydrogen-bond donors (Lipinski definition) is 2. The van der Waals surface area contributed by atoms with Crippen LogP contribution in [-0.2, 0) is 6.42 Å². The summed E-state index contributed by atoms with van der Waals surface area (Å²) >= 11 is 1.90. The Morgan fingerprint density at radius 3 is 3.05 bits per heavy atom. The van der Waals surface area contributed by atoms with Crippen LogP contribution in [0, 0.1) is 5.92 Å². The van der Waals surface area contributed by atoms with Crippen molar-refractivity contribution in [1.82, 2.24) is 10.6 Å². The van der Waals surface area contributed by atoms with Crippen molar-refractivity contribution in [3.63, 3.8) is 0 Å². The maximum Gasteiger partial charge on any atom is 0.315 e.